The summed E-state index contributed by atoms with van der Waals surface area (Å²) in [4.78, 5) is 4.74. The molecule has 0 heterocycles. The zero-order chi connectivity index (χ0) is 17.0. The largest absolute Gasteiger partial charge is 0.382 e. The highest BCUT2D eigenvalue weighted by Gasteiger charge is 2.13. The van der Waals surface area contributed by atoms with Gasteiger partial charge in [0.05, 0.1) is 10.6 Å². The Labute approximate surface area is 139 Å². The molecule has 0 aliphatic heterocycles. The molecule has 2 N–H and O–H groups in total. The Balaban J connectivity index is 2.44. The number of hydrogen-bond donors (Lipinski definition) is 2. The highest BCUT2D eigenvalue weighted by atomic mass is 32.2. The van der Waals surface area contributed by atoms with Crippen LogP contribution in [-0.4, -0.2) is 53.0 Å². The quantitative estimate of drug-likeness (QED) is 0.382. The molecule has 1 aromatic carbocycles. The monoisotopic (exact) mass is 341 g/mol. The summed E-state index contributed by atoms with van der Waals surface area (Å²) in [5, 5.41) is 6.16. The second-order valence-electron chi connectivity index (χ2n) is 4.87. The molecule has 0 saturated carbocycles. The first-order chi connectivity index (χ1) is 11.1. The van der Waals surface area contributed by atoms with Crippen LogP contribution in [-0.2, 0) is 14.6 Å². The van der Waals surface area contributed by atoms with Gasteiger partial charge in [-0.2, -0.15) is 0 Å². The summed E-state index contributed by atoms with van der Waals surface area (Å²) in [7, 11) is -3.27. The van der Waals surface area contributed by atoms with Gasteiger partial charge in [-0.05, 0) is 32.4 Å². The van der Waals surface area contributed by atoms with Gasteiger partial charge in [0.25, 0.3) is 0 Å². The fraction of sp³-hybridized carbons (Fsp3) is 0.562. The van der Waals surface area contributed by atoms with Gasteiger partial charge in [0.15, 0.2) is 15.8 Å². The molecule has 7 heteroatoms. The number of sulfone groups is 1. The zero-order valence-electron chi connectivity index (χ0n) is 13.9. The van der Waals surface area contributed by atoms with Crippen molar-refractivity contribution >= 4 is 15.8 Å². The first-order valence-corrected chi connectivity index (χ1v) is 9.63. The number of aliphatic imine (C=N–C) groups is 1. The van der Waals surface area contributed by atoms with Crippen molar-refractivity contribution < 1.29 is 13.2 Å². The van der Waals surface area contributed by atoms with Crippen molar-refractivity contribution in [1.29, 1.82) is 0 Å². The van der Waals surface area contributed by atoms with Crippen LogP contribution in [0.4, 0.5) is 0 Å². The van der Waals surface area contributed by atoms with Crippen molar-refractivity contribution in [2.24, 2.45) is 4.99 Å². The van der Waals surface area contributed by atoms with Crippen LogP contribution < -0.4 is 10.6 Å². The van der Waals surface area contributed by atoms with Gasteiger partial charge >= 0.3 is 0 Å². The Kier molecular flexibility index (Phi) is 9.31. The second kappa shape index (κ2) is 11.0. The first-order valence-electron chi connectivity index (χ1n) is 7.98. The van der Waals surface area contributed by atoms with E-state index in [1.807, 2.05) is 13.8 Å². The minimum Gasteiger partial charge on any atom is -0.382 e. The molecule has 0 amide bonds. The molecule has 0 bridgehead atoms. The van der Waals surface area contributed by atoms with Gasteiger partial charge in [-0.1, -0.05) is 18.2 Å². The molecular weight excluding hydrogens is 314 g/mol. The molecule has 130 valence electrons. The van der Waals surface area contributed by atoms with Crippen LogP contribution in [0.2, 0.25) is 0 Å². The smallest absolute Gasteiger partial charge is 0.191 e. The third-order valence-electron chi connectivity index (χ3n) is 3.03. The zero-order valence-corrected chi connectivity index (χ0v) is 14.7. The number of benzene rings is 1. The number of hydrogen-bond acceptors (Lipinski definition) is 4. The van der Waals surface area contributed by atoms with Crippen molar-refractivity contribution in [3.8, 4) is 0 Å². The molecule has 1 aromatic rings. The fourth-order valence-electron chi connectivity index (χ4n) is 1.89. The van der Waals surface area contributed by atoms with E-state index in [-0.39, 0.29) is 5.75 Å². The summed E-state index contributed by atoms with van der Waals surface area (Å²) in [6, 6.07) is 8.48. The van der Waals surface area contributed by atoms with Gasteiger partial charge in [-0.3, -0.25) is 4.99 Å². The van der Waals surface area contributed by atoms with E-state index < -0.39 is 9.84 Å². The Morgan fingerprint density at radius 1 is 1.17 bits per heavy atom. The summed E-state index contributed by atoms with van der Waals surface area (Å²) in [5.74, 6) is 0.660. The lowest BCUT2D eigenvalue weighted by Crippen LogP contribution is -2.39. The Morgan fingerprint density at radius 3 is 2.57 bits per heavy atom. The fourth-order valence-corrected chi connectivity index (χ4v) is 3.07. The molecule has 0 aliphatic rings. The molecular formula is C16H27N3O3S. The summed E-state index contributed by atoms with van der Waals surface area (Å²) in [6.45, 7) is 7.00. The highest BCUT2D eigenvalue weighted by Crippen LogP contribution is 2.09. The van der Waals surface area contributed by atoms with E-state index in [1.165, 1.54) is 0 Å². The minimum absolute atomic E-state index is 0.0281. The van der Waals surface area contributed by atoms with E-state index in [9.17, 15) is 8.42 Å². The van der Waals surface area contributed by atoms with Crippen LogP contribution in [0.3, 0.4) is 0 Å². The SMILES string of the molecule is CCNC(=NCCCOCC)NCCS(=O)(=O)c1ccccc1. The maximum Gasteiger partial charge on any atom is 0.191 e. The number of rotatable bonds is 10. The van der Waals surface area contributed by atoms with Crippen molar-refractivity contribution in [2.75, 3.05) is 38.6 Å². The topological polar surface area (TPSA) is 79.8 Å². The standard InChI is InChI=1S/C16H27N3O3S/c1-3-17-16(18-11-8-13-22-4-2)19-12-14-23(20,21)15-9-6-5-7-10-15/h5-7,9-10H,3-4,8,11-14H2,1-2H3,(H2,17,18,19). The third-order valence-corrected chi connectivity index (χ3v) is 4.76. The van der Waals surface area contributed by atoms with Crippen molar-refractivity contribution in [3.63, 3.8) is 0 Å². The van der Waals surface area contributed by atoms with Crippen LogP contribution in [0.15, 0.2) is 40.2 Å². The lowest BCUT2D eigenvalue weighted by atomic mass is 10.4. The first kappa shape index (κ1) is 19.4. The van der Waals surface area contributed by atoms with Crippen LogP contribution in [0.5, 0.6) is 0 Å². The molecule has 6 nitrogen and oxygen atoms in total. The van der Waals surface area contributed by atoms with E-state index in [0.29, 0.717) is 37.2 Å². The molecule has 0 unspecified atom stereocenters. The number of guanidine groups is 1. The molecule has 23 heavy (non-hydrogen) atoms. The summed E-state index contributed by atoms with van der Waals surface area (Å²) >= 11 is 0. The van der Waals surface area contributed by atoms with E-state index in [2.05, 4.69) is 15.6 Å². The molecule has 0 atom stereocenters. The summed E-state index contributed by atoms with van der Waals surface area (Å²) in [5.41, 5.74) is 0. The van der Waals surface area contributed by atoms with Gasteiger partial charge < -0.3 is 15.4 Å². The summed E-state index contributed by atoms with van der Waals surface area (Å²) < 4.78 is 29.6. The van der Waals surface area contributed by atoms with Crippen molar-refractivity contribution in [3.05, 3.63) is 30.3 Å². The molecule has 0 saturated heterocycles. The highest BCUT2D eigenvalue weighted by molar-refractivity contribution is 7.91. The lowest BCUT2D eigenvalue weighted by Gasteiger charge is -2.11. The van der Waals surface area contributed by atoms with E-state index in [0.717, 1.165) is 13.0 Å². The van der Waals surface area contributed by atoms with Crippen molar-refractivity contribution in [1.82, 2.24) is 10.6 Å². The summed E-state index contributed by atoms with van der Waals surface area (Å²) in [6.07, 6.45) is 0.840. The van der Waals surface area contributed by atoms with Gasteiger partial charge in [0.2, 0.25) is 0 Å². The maximum absolute atomic E-state index is 12.2. The lowest BCUT2D eigenvalue weighted by molar-refractivity contribution is 0.146. The minimum atomic E-state index is -3.27. The molecule has 0 spiro atoms. The normalized spacial score (nSPS) is 12.2. The van der Waals surface area contributed by atoms with Crippen LogP contribution in [0.1, 0.15) is 20.3 Å². The Bertz CT molecular complexity index is 559. The van der Waals surface area contributed by atoms with E-state index in [4.69, 9.17) is 4.74 Å². The van der Waals surface area contributed by atoms with Gasteiger partial charge in [-0.25, -0.2) is 8.42 Å². The molecule has 0 aliphatic carbocycles. The van der Waals surface area contributed by atoms with Crippen molar-refractivity contribution in [2.45, 2.75) is 25.2 Å². The van der Waals surface area contributed by atoms with Crippen LogP contribution >= 0.6 is 0 Å². The van der Waals surface area contributed by atoms with E-state index >= 15 is 0 Å². The van der Waals surface area contributed by atoms with Crippen LogP contribution in [0.25, 0.3) is 0 Å². The van der Waals surface area contributed by atoms with Gasteiger partial charge in [0, 0.05) is 32.8 Å². The van der Waals surface area contributed by atoms with E-state index in [1.54, 1.807) is 30.3 Å². The predicted octanol–water partition coefficient (Wildman–Crippen LogP) is 1.44. The van der Waals surface area contributed by atoms with Gasteiger partial charge in [0.1, 0.15) is 0 Å². The molecule has 0 fully saturated rings. The number of nitrogens with one attached hydrogen (secondary N) is 2. The molecule has 0 aromatic heterocycles. The average molecular weight is 341 g/mol. The Hall–Kier alpha value is -1.60. The number of nitrogens with zero attached hydrogens (tertiary/aromatic N) is 1. The van der Waals surface area contributed by atoms with Gasteiger partial charge in [-0.15, -0.1) is 0 Å². The predicted molar refractivity (Wildman–Crippen MR) is 93.6 cm³/mol. The average Bonchev–Trinajstić information content (AvgIpc) is 2.55. The molecule has 1 rings (SSSR count). The number of ether oxygens (including phenoxy) is 1. The Morgan fingerprint density at radius 2 is 1.91 bits per heavy atom. The second-order valence-corrected chi connectivity index (χ2v) is 6.98. The van der Waals surface area contributed by atoms with Crippen LogP contribution in [0, 0.1) is 0 Å². The third kappa shape index (κ3) is 7.99. The maximum atomic E-state index is 12.2. The molecule has 0 radical (unpaired) electrons.